The second-order valence-electron chi connectivity index (χ2n) is 12.4. The van der Waals surface area contributed by atoms with Crippen LogP contribution in [-0.2, 0) is 29.3 Å². The molecule has 6 unspecified atom stereocenters. The molecule has 49 heavy (non-hydrogen) atoms. The van der Waals surface area contributed by atoms with Gasteiger partial charge in [-0.25, -0.2) is 4.79 Å². The van der Waals surface area contributed by atoms with Crippen molar-refractivity contribution < 1.29 is 38.6 Å². The van der Waals surface area contributed by atoms with Gasteiger partial charge in [0, 0.05) is 21.5 Å². The van der Waals surface area contributed by atoms with Crippen molar-refractivity contribution in [3.63, 3.8) is 0 Å². The number of carbonyl (C=O) groups is 5. The van der Waals surface area contributed by atoms with E-state index in [0.29, 0.717) is 26.8 Å². The standard InChI is InChI=1S/C35H28Cl3N3O8/c1-48-19-7-3-16(4-8-19)35-24(31(44)41(33(35)46)39-26-11-5-18(37)14-25(26)38)15-22-20(29(35)23-13-17(36)6-12-27(23)42)9-10-21-28(22)32(45)40(30(21)43)34(47)49-2/h3-9,11-14,21-22,24,28-29,39,42H,10,15H2,1-2H3. The molecule has 0 spiro atoms. The predicted molar refractivity (Wildman–Crippen MR) is 178 cm³/mol. The molecule has 0 aromatic heterocycles. The van der Waals surface area contributed by atoms with Crippen molar-refractivity contribution >= 4 is 70.2 Å². The molecule has 11 nitrogen and oxygen atoms in total. The van der Waals surface area contributed by atoms with Gasteiger partial charge in [0.15, 0.2) is 0 Å². The normalized spacial score (nSPS) is 27.4. The zero-order valence-corrected chi connectivity index (χ0v) is 28.3. The van der Waals surface area contributed by atoms with Gasteiger partial charge in [-0.1, -0.05) is 58.6 Å². The Bertz CT molecular complexity index is 1980. The Balaban J connectivity index is 1.47. The average molecular weight is 725 g/mol. The molecule has 14 heteroatoms. The lowest BCUT2D eigenvalue weighted by Crippen LogP contribution is -2.53. The van der Waals surface area contributed by atoms with E-state index in [1.54, 1.807) is 36.4 Å². The van der Waals surface area contributed by atoms with Gasteiger partial charge in [0.2, 0.25) is 11.8 Å². The number of fused-ring (bicyclic) bond motifs is 4. The van der Waals surface area contributed by atoms with E-state index in [1.165, 1.54) is 37.4 Å². The van der Waals surface area contributed by atoms with Gasteiger partial charge in [-0.05, 0) is 72.9 Å². The fourth-order valence-electron chi connectivity index (χ4n) is 8.22. The van der Waals surface area contributed by atoms with Crippen LogP contribution in [0.2, 0.25) is 15.1 Å². The minimum absolute atomic E-state index is 0.0397. The molecular weight excluding hydrogens is 697 g/mol. The topological polar surface area (TPSA) is 143 Å². The number of phenolic OH excluding ortho intramolecular Hbond substituents is 1. The molecule has 2 aliphatic carbocycles. The van der Waals surface area contributed by atoms with Crippen LogP contribution in [0.5, 0.6) is 11.5 Å². The number of benzene rings is 3. The Morgan fingerprint density at radius 3 is 2.27 bits per heavy atom. The number of hydrogen-bond donors (Lipinski definition) is 2. The number of likely N-dealkylation sites (tertiary alicyclic amines) is 1. The van der Waals surface area contributed by atoms with Crippen LogP contribution in [0.3, 0.4) is 0 Å². The number of amides is 5. The summed E-state index contributed by atoms with van der Waals surface area (Å²) in [6.07, 6.45) is 0.719. The first-order valence-electron chi connectivity index (χ1n) is 15.3. The Morgan fingerprint density at radius 1 is 0.898 bits per heavy atom. The number of hydrazine groups is 1. The maximum atomic E-state index is 15.2. The fraction of sp³-hybridized carbons (Fsp3) is 0.286. The van der Waals surface area contributed by atoms with Crippen LogP contribution in [0.15, 0.2) is 72.3 Å². The van der Waals surface area contributed by atoms with E-state index in [2.05, 4.69) is 5.43 Å². The van der Waals surface area contributed by atoms with E-state index in [9.17, 15) is 24.3 Å². The number of allylic oxidation sites excluding steroid dienone is 2. The highest BCUT2D eigenvalue weighted by Gasteiger charge is 2.71. The number of carbonyl (C=O) groups excluding carboxylic acids is 5. The first kappa shape index (κ1) is 32.9. The summed E-state index contributed by atoms with van der Waals surface area (Å²) in [6.45, 7) is 0. The molecule has 252 valence electrons. The van der Waals surface area contributed by atoms with Gasteiger partial charge in [-0.3, -0.25) is 24.6 Å². The SMILES string of the molecule is COC(=O)N1C(=O)C2CC=C3C(CC4C(=O)N(Nc5ccc(Cl)cc5Cl)C(=O)C4(c4ccc(OC)cc4)C3c3cc(Cl)ccc3O)C2C1=O. The Morgan fingerprint density at radius 2 is 1.59 bits per heavy atom. The molecule has 3 aromatic carbocycles. The lowest BCUT2D eigenvalue weighted by Gasteiger charge is -2.50. The summed E-state index contributed by atoms with van der Waals surface area (Å²) < 4.78 is 10.2. The molecule has 0 bridgehead atoms. The summed E-state index contributed by atoms with van der Waals surface area (Å²) in [4.78, 5) is 70.3. The first-order chi connectivity index (χ1) is 23.4. The second-order valence-corrected chi connectivity index (χ2v) is 13.7. The Kier molecular flexibility index (Phi) is 8.12. The smallest absolute Gasteiger partial charge is 0.423 e. The van der Waals surface area contributed by atoms with E-state index in [0.717, 1.165) is 12.1 Å². The molecule has 3 fully saturated rings. The minimum Gasteiger partial charge on any atom is -0.508 e. The largest absolute Gasteiger partial charge is 0.508 e. The van der Waals surface area contributed by atoms with Gasteiger partial charge >= 0.3 is 6.09 Å². The van der Waals surface area contributed by atoms with E-state index >= 15 is 4.79 Å². The highest BCUT2D eigenvalue weighted by atomic mass is 35.5. The number of methoxy groups -OCH3 is 2. The third-order valence-electron chi connectivity index (χ3n) is 10.2. The van der Waals surface area contributed by atoms with Crippen molar-refractivity contribution in [1.82, 2.24) is 9.91 Å². The van der Waals surface area contributed by atoms with E-state index in [4.69, 9.17) is 44.3 Å². The maximum Gasteiger partial charge on any atom is 0.423 e. The summed E-state index contributed by atoms with van der Waals surface area (Å²) >= 11 is 19.1. The first-order valence-corrected chi connectivity index (χ1v) is 16.5. The number of aromatic hydroxyl groups is 1. The number of ether oxygens (including phenoxy) is 2. The van der Waals surface area contributed by atoms with Crippen molar-refractivity contribution in [3.05, 3.63) is 98.5 Å². The van der Waals surface area contributed by atoms with Crippen LogP contribution in [0.1, 0.15) is 29.9 Å². The van der Waals surface area contributed by atoms with Crippen molar-refractivity contribution in [2.24, 2.45) is 23.7 Å². The maximum absolute atomic E-state index is 15.2. The summed E-state index contributed by atoms with van der Waals surface area (Å²) in [5.74, 6) is -7.28. The van der Waals surface area contributed by atoms with Gasteiger partial charge in [-0.15, -0.1) is 0 Å². The second kappa shape index (κ2) is 12.1. The highest BCUT2D eigenvalue weighted by molar-refractivity contribution is 6.36. The molecule has 2 heterocycles. The molecule has 5 amide bonds. The predicted octanol–water partition coefficient (Wildman–Crippen LogP) is 6.11. The molecule has 6 atom stereocenters. The summed E-state index contributed by atoms with van der Waals surface area (Å²) in [6, 6.07) is 15.7. The number of halogens is 3. The average Bonchev–Trinajstić information content (AvgIpc) is 3.47. The number of imide groups is 4. The highest BCUT2D eigenvalue weighted by Crippen LogP contribution is 2.65. The monoisotopic (exact) mass is 723 g/mol. The van der Waals surface area contributed by atoms with Gasteiger partial charge < -0.3 is 14.6 Å². The van der Waals surface area contributed by atoms with Crippen molar-refractivity contribution in [2.75, 3.05) is 19.6 Å². The number of rotatable bonds is 5. The zero-order chi connectivity index (χ0) is 34.9. The van der Waals surface area contributed by atoms with Crippen LogP contribution in [0.25, 0.3) is 0 Å². The van der Waals surface area contributed by atoms with E-state index in [1.807, 2.05) is 0 Å². The molecule has 2 N–H and O–H groups in total. The van der Waals surface area contributed by atoms with Crippen molar-refractivity contribution in [3.8, 4) is 11.5 Å². The van der Waals surface area contributed by atoms with Crippen LogP contribution < -0.4 is 10.2 Å². The number of anilines is 1. The molecule has 4 aliphatic rings. The van der Waals surface area contributed by atoms with Gasteiger partial charge in [0.1, 0.15) is 11.5 Å². The molecule has 2 aliphatic heterocycles. The number of nitrogens with one attached hydrogen (secondary N) is 1. The molecule has 7 rings (SSSR count). The molecule has 1 saturated carbocycles. The zero-order valence-electron chi connectivity index (χ0n) is 26.0. The number of phenols is 1. The lowest BCUT2D eigenvalue weighted by atomic mass is 9.49. The lowest BCUT2D eigenvalue weighted by molar-refractivity contribution is -0.140. The van der Waals surface area contributed by atoms with Crippen LogP contribution in [0, 0.1) is 23.7 Å². The van der Waals surface area contributed by atoms with Gasteiger partial charge in [0.25, 0.3) is 11.8 Å². The third-order valence-corrected chi connectivity index (χ3v) is 11.0. The molecular formula is C35H28Cl3N3O8. The van der Waals surface area contributed by atoms with E-state index in [-0.39, 0.29) is 39.9 Å². The quantitative estimate of drug-likeness (QED) is 0.235. The van der Waals surface area contributed by atoms with Crippen LogP contribution in [-0.4, -0.2) is 59.0 Å². The van der Waals surface area contributed by atoms with Gasteiger partial charge in [-0.2, -0.15) is 9.91 Å². The summed E-state index contributed by atoms with van der Waals surface area (Å²) in [7, 11) is 2.58. The Labute approximate surface area is 295 Å². The van der Waals surface area contributed by atoms with Crippen molar-refractivity contribution in [1.29, 1.82) is 0 Å². The van der Waals surface area contributed by atoms with Crippen LogP contribution in [0.4, 0.5) is 10.5 Å². The van der Waals surface area contributed by atoms with Gasteiger partial charge in [0.05, 0.1) is 48.1 Å². The van der Waals surface area contributed by atoms with E-state index < -0.39 is 64.7 Å². The summed E-state index contributed by atoms with van der Waals surface area (Å²) in [5.41, 5.74) is 2.70. The third kappa shape index (κ3) is 4.81. The number of nitrogens with zero attached hydrogens (tertiary/aromatic N) is 2. The molecule has 3 aromatic rings. The Hall–Kier alpha value is -4.58. The number of hydrogen-bond acceptors (Lipinski definition) is 9. The minimum atomic E-state index is -1.69. The summed E-state index contributed by atoms with van der Waals surface area (Å²) in [5, 5.41) is 13.1. The van der Waals surface area contributed by atoms with Crippen molar-refractivity contribution in [2.45, 2.75) is 24.2 Å². The fourth-order valence-corrected chi connectivity index (χ4v) is 8.85. The molecule has 0 radical (unpaired) electrons. The molecule has 2 saturated heterocycles. The van der Waals surface area contributed by atoms with Crippen LogP contribution >= 0.6 is 34.8 Å².